The molecule has 1 aromatic heterocycles. The molecule has 4 amide bonds. The van der Waals surface area contributed by atoms with Gasteiger partial charge in [0.25, 0.3) is 5.91 Å². The van der Waals surface area contributed by atoms with E-state index in [0.717, 1.165) is 37.3 Å². The number of thiophene rings is 1. The van der Waals surface area contributed by atoms with Crippen LogP contribution in [0.4, 0.5) is 24.1 Å². The van der Waals surface area contributed by atoms with Gasteiger partial charge in [-0.3, -0.25) is 32.8 Å². The highest BCUT2D eigenvalue weighted by Crippen LogP contribution is 2.68. The summed E-state index contributed by atoms with van der Waals surface area (Å²) in [5, 5.41) is 2.83. The second-order valence-corrected chi connectivity index (χ2v) is 17.7. The van der Waals surface area contributed by atoms with Crippen LogP contribution in [0, 0.1) is 0 Å². The molecule has 3 aromatic rings. The third-order valence-electron chi connectivity index (χ3n) is 10.1. The van der Waals surface area contributed by atoms with Crippen molar-refractivity contribution in [1.29, 1.82) is 0 Å². The molecule has 17 nitrogen and oxygen atoms in total. The fraction of sp³-hybridized carbons (Fsp3) is 0.512. The summed E-state index contributed by atoms with van der Waals surface area (Å²) in [6, 6.07) is 10.9. The summed E-state index contributed by atoms with van der Waals surface area (Å²) in [6.45, 7) is 6.79. The molecule has 0 radical (unpaired) electrons. The number of likely N-dealkylation sites (N-methyl/N-ethyl adjacent to an activating group) is 1. The number of alkyl halides is 2. The number of nitrogens with zero attached hydrogens (tertiary/aromatic N) is 3. The first kappa shape index (κ1) is 47.9. The van der Waals surface area contributed by atoms with Crippen LogP contribution in [0.2, 0.25) is 0 Å². The molecule has 21 heteroatoms. The smallest absolute Gasteiger partial charge is 0.434 e. The zero-order valence-corrected chi connectivity index (χ0v) is 36.9. The van der Waals surface area contributed by atoms with E-state index in [-0.39, 0.29) is 54.4 Å². The normalized spacial score (nSPS) is 19.9. The van der Waals surface area contributed by atoms with Crippen LogP contribution in [0.25, 0.3) is 10.1 Å². The monoisotopic (exact) mass is 908 g/mol. The number of ether oxygens (including phenoxy) is 4. The van der Waals surface area contributed by atoms with Crippen molar-refractivity contribution < 1.29 is 70.1 Å². The molecule has 2 unspecified atom stereocenters. The van der Waals surface area contributed by atoms with Crippen LogP contribution in [-0.4, -0.2) is 110 Å². The van der Waals surface area contributed by atoms with E-state index in [4.69, 9.17) is 28.0 Å². The van der Waals surface area contributed by atoms with Crippen LogP contribution in [0.5, 0.6) is 0 Å². The zero-order valence-electron chi connectivity index (χ0n) is 35.2. The first-order valence-corrected chi connectivity index (χ1v) is 22.5. The molecule has 2 saturated heterocycles. The van der Waals surface area contributed by atoms with Crippen molar-refractivity contribution >= 4 is 70.6 Å². The van der Waals surface area contributed by atoms with Gasteiger partial charge in [0, 0.05) is 49.1 Å². The minimum absolute atomic E-state index is 0.00928. The summed E-state index contributed by atoms with van der Waals surface area (Å²) < 4.78 is 77.0. The van der Waals surface area contributed by atoms with Gasteiger partial charge in [0.1, 0.15) is 12.1 Å². The molecular weight excluding hydrogens is 858 g/mol. The van der Waals surface area contributed by atoms with Crippen LogP contribution in [0.3, 0.4) is 0 Å². The summed E-state index contributed by atoms with van der Waals surface area (Å²) in [4.78, 5) is 83.4. The molecule has 5 atom stereocenters. The number of carbonyl (C=O) groups excluding carboxylic acids is 6. The Hall–Kier alpha value is -5.17. The lowest BCUT2D eigenvalue weighted by Gasteiger charge is -2.39. The largest absolute Gasteiger partial charge is 0.510 e. The summed E-state index contributed by atoms with van der Waals surface area (Å²) in [6.07, 6.45) is -4.20. The number of benzene rings is 2. The van der Waals surface area contributed by atoms with Crippen molar-refractivity contribution in [2.24, 2.45) is 0 Å². The first-order chi connectivity index (χ1) is 29.4. The Labute approximate surface area is 361 Å². The van der Waals surface area contributed by atoms with E-state index in [1.807, 2.05) is 6.07 Å². The average Bonchev–Trinajstić information content (AvgIpc) is 3.86. The Balaban J connectivity index is 1.40. The van der Waals surface area contributed by atoms with Crippen LogP contribution < -0.4 is 10.2 Å². The van der Waals surface area contributed by atoms with Gasteiger partial charge in [-0.2, -0.15) is 8.78 Å². The molecule has 3 heterocycles. The predicted molar refractivity (Wildman–Crippen MR) is 222 cm³/mol. The van der Waals surface area contributed by atoms with Gasteiger partial charge in [0.15, 0.2) is 0 Å². The van der Waals surface area contributed by atoms with Gasteiger partial charge in [-0.05, 0) is 81.7 Å². The van der Waals surface area contributed by atoms with Gasteiger partial charge in [0.2, 0.25) is 30.3 Å². The molecule has 0 bridgehead atoms. The maximum atomic E-state index is 16.5. The van der Waals surface area contributed by atoms with Crippen LogP contribution in [0.15, 0.2) is 54.6 Å². The number of fused-ring (bicyclic) bond motifs is 2. The standard InChI is InChI=1S/C41H51F2N4O13PS/c1-7-20-55-39(52)57-26(4)59-61(54,60-27(5)58-40(53)56-21-8-2)41(42,43)29-14-17-34-28(22-29)23-35(62-34)36(49)44-32-24-46(25(3)48)19-18-31-15-16-33(47(31)37(32)50)38(51)45(6)30-12-10-9-11-13-30/h9-14,17,22-23,26-27,31-33H,7-8,15-16,18-21,24H2,1-6H3,(H,44,49)/t26?,27?,31-,32+,33+,61?/m1/s1. The van der Waals surface area contributed by atoms with E-state index in [0.29, 0.717) is 42.5 Å². The molecule has 2 aromatic carbocycles. The molecule has 2 fully saturated rings. The lowest BCUT2D eigenvalue weighted by Crippen LogP contribution is -2.61. The fourth-order valence-corrected chi connectivity index (χ4v) is 9.63. The molecule has 2 aliphatic rings. The van der Waals surface area contributed by atoms with Crippen molar-refractivity contribution in [2.75, 3.05) is 38.3 Å². The quantitative estimate of drug-likeness (QED) is 0.0851. The van der Waals surface area contributed by atoms with E-state index in [2.05, 4.69) is 5.32 Å². The first-order valence-electron chi connectivity index (χ1n) is 20.2. The van der Waals surface area contributed by atoms with E-state index >= 15 is 8.78 Å². The van der Waals surface area contributed by atoms with E-state index < -0.39 is 67.6 Å². The fourth-order valence-electron chi connectivity index (χ4n) is 7.04. The number of nitrogens with one attached hydrogen (secondary N) is 1. The Kier molecular flexibility index (Phi) is 16.1. The SMILES string of the molecule is CCCOC(=O)OC(C)OP(=O)(OC(C)OC(=O)OCCC)C(F)(F)c1ccc2sc(C(=O)N[C@H]3CN(C(C)=O)CC[C@H]4CC[C@@H](C(=O)N(C)c5ccccc5)N4C3=O)cc2c1. The summed E-state index contributed by atoms with van der Waals surface area (Å²) in [7, 11) is -4.16. The van der Waals surface area contributed by atoms with Gasteiger partial charge in [-0.1, -0.05) is 38.1 Å². The lowest BCUT2D eigenvalue weighted by molar-refractivity contribution is -0.144. The third kappa shape index (κ3) is 11.3. The molecule has 0 saturated carbocycles. The zero-order chi connectivity index (χ0) is 45.4. The predicted octanol–water partition coefficient (Wildman–Crippen LogP) is 7.37. The van der Waals surface area contributed by atoms with Crippen molar-refractivity contribution in [3.63, 3.8) is 0 Å². The minimum Gasteiger partial charge on any atom is -0.434 e. The third-order valence-corrected chi connectivity index (χ3v) is 13.3. The van der Waals surface area contributed by atoms with Gasteiger partial charge < -0.3 is 39.0 Å². The molecule has 5 rings (SSSR count). The van der Waals surface area contributed by atoms with E-state index in [9.17, 15) is 33.3 Å². The van der Waals surface area contributed by atoms with Crippen LogP contribution in [0.1, 0.15) is 82.0 Å². The highest BCUT2D eigenvalue weighted by Gasteiger charge is 2.58. The Bertz CT molecular complexity index is 2130. The maximum Gasteiger partial charge on any atom is 0.510 e. The number of amides is 4. The van der Waals surface area contributed by atoms with Gasteiger partial charge in [-0.25, -0.2) is 9.59 Å². The number of para-hydroxylation sites is 1. The second-order valence-electron chi connectivity index (χ2n) is 14.7. The minimum atomic E-state index is -5.79. The molecule has 0 spiro atoms. The van der Waals surface area contributed by atoms with E-state index in [1.165, 1.54) is 33.8 Å². The topological polar surface area (TPSA) is 197 Å². The Morgan fingerprint density at radius 1 is 0.919 bits per heavy atom. The maximum absolute atomic E-state index is 16.5. The van der Waals surface area contributed by atoms with Crippen molar-refractivity contribution in [1.82, 2.24) is 15.1 Å². The number of hydrogen-bond donors (Lipinski definition) is 1. The number of carbonyl (C=O) groups is 6. The van der Waals surface area contributed by atoms with Crippen molar-refractivity contribution in [3.05, 3.63) is 65.0 Å². The summed E-state index contributed by atoms with van der Waals surface area (Å²) in [5.41, 5.74) is -4.75. The lowest BCUT2D eigenvalue weighted by atomic mass is 10.1. The summed E-state index contributed by atoms with van der Waals surface area (Å²) >= 11 is 0.915. The van der Waals surface area contributed by atoms with Crippen molar-refractivity contribution in [2.45, 2.75) is 103 Å². The van der Waals surface area contributed by atoms with Crippen LogP contribution >= 0.6 is 18.9 Å². The molecule has 1 N–H and O–H groups in total. The second kappa shape index (κ2) is 20.8. The number of hydrogen-bond acceptors (Lipinski definition) is 14. The van der Waals surface area contributed by atoms with Crippen LogP contribution in [-0.2, 0) is 52.6 Å². The van der Waals surface area contributed by atoms with Gasteiger partial charge >= 0.3 is 25.6 Å². The van der Waals surface area contributed by atoms with E-state index in [1.54, 1.807) is 45.2 Å². The number of rotatable bonds is 16. The van der Waals surface area contributed by atoms with Crippen molar-refractivity contribution in [3.8, 4) is 0 Å². The highest BCUT2D eigenvalue weighted by atomic mass is 32.1. The molecule has 0 aliphatic carbocycles. The Morgan fingerprint density at radius 3 is 2.11 bits per heavy atom. The number of halogens is 2. The molecule has 62 heavy (non-hydrogen) atoms. The number of anilines is 1. The molecule has 2 aliphatic heterocycles. The van der Waals surface area contributed by atoms with Gasteiger partial charge in [0.05, 0.1) is 18.1 Å². The average molecular weight is 909 g/mol. The summed E-state index contributed by atoms with van der Waals surface area (Å²) in [5.74, 6) is -1.90. The molecular formula is C41H51F2N4O13PS. The van der Waals surface area contributed by atoms with Gasteiger partial charge in [-0.15, -0.1) is 11.3 Å². The Morgan fingerprint density at radius 2 is 1.53 bits per heavy atom. The molecule has 338 valence electrons. The highest BCUT2D eigenvalue weighted by molar-refractivity contribution is 7.54.